The normalized spacial score (nSPS) is 14.9. The lowest BCUT2D eigenvalue weighted by atomic mass is 9.95. The molecular formula is C26H29N3O4. The first-order chi connectivity index (χ1) is 16.1. The first-order valence-electron chi connectivity index (χ1n) is 11.2. The van der Waals surface area contributed by atoms with Crippen molar-refractivity contribution in [2.45, 2.75) is 32.2 Å². The molecule has 0 spiro atoms. The van der Waals surface area contributed by atoms with Crippen LogP contribution in [0, 0.1) is 0 Å². The number of aromatic hydroxyl groups is 1. The molecular weight excluding hydrogens is 418 g/mol. The number of benzene rings is 2. The van der Waals surface area contributed by atoms with Gasteiger partial charge in [0.25, 0.3) is 5.91 Å². The van der Waals surface area contributed by atoms with Crippen molar-refractivity contribution in [3.8, 4) is 28.5 Å². The van der Waals surface area contributed by atoms with Crippen LogP contribution in [-0.4, -0.2) is 46.4 Å². The predicted octanol–water partition coefficient (Wildman–Crippen LogP) is 5.09. The Bertz CT molecular complexity index is 1150. The summed E-state index contributed by atoms with van der Waals surface area (Å²) in [6.07, 6.45) is 4.67. The number of rotatable bonds is 10. The molecule has 1 aromatic heterocycles. The standard InChI is InChI=1S/C26H29N3O4/c1-4-6-9-14-29-25(17-12-13-20(33-15-5-2)21(16-17)32-3)22-23(27-28-24(22)26(29)31)18-10-7-8-11-19(18)30/h5,7-8,10-13,16,25,30H,2,4,6,9,14-15H2,1,3H3,(H,27,28). The number of hydrogen-bond acceptors (Lipinski definition) is 5. The molecule has 1 atom stereocenters. The Morgan fingerprint density at radius 1 is 1.21 bits per heavy atom. The van der Waals surface area contributed by atoms with Gasteiger partial charge in [0.15, 0.2) is 11.5 Å². The van der Waals surface area contributed by atoms with E-state index >= 15 is 0 Å². The van der Waals surface area contributed by atoms with Gasteiger partial charge < -0.3 is 19.5 Å². The zero-order valence-electron chi connectivity index (χ0n) is 19.0. The fourth-order valence-corrected chi connectivity index (χ4v) is 4.31. The molecule has 33 heavy (non-hydrogen) atoms. The van der Waals surface area contributed by atoms with E-state index in [0.29, 0.717) is 41.6 Å². The second kappa shape index (κ2) is 9.81. The zero-order valence-corrected chi connectivity index (χ0v) is 19.0. The maximum atomic E-state index is 13.4. The molecule has 0 bridgehead atoms. The van der Waals surface area contributed by atoms with E-state index in [9.17, 15) is 9.90 Å². The lowest BCUT2D eigenvalue weighted by Crippen LogP contribution is -2.30. The Hall–Kier alpha value is -3.74. The average molecular weight is 448 g/mol. The molecule has 2 heterocycles. The Kier molecular flexibility index (Phi) is 6.68. The van der Waals surface area contributed by atoms with Crippen molar-refractivity contribution in [2.24, 2.45) is 0 Å². The van der Waals surface area contributed by atoms with E-state index in [2.05, 4.69) is 23.7 Å². The molecule has 7 nitrogen and oxygen atoms in total. The maximum absolute atomic E-state index is 13.4. The number of carbonyl (C=O) groups excluding carboxylic acids is 1. The quantitative estimate of drug-likeness (QED) is 0.334. The molecule has 172 valence electrons. The SMILES string of the molecule is C=CCOc1ccc(C2c3c(-c4ccccc4O)n[nH]c3C(=O)N2CCCCC)cc1OC. The fraction of sp³-hybridized carbons (Fsp3) is 0.308. The highest BCUT2D eigenvalue weighted by Gasteiger charge is 2.42. The summed E-state index contributed by atoms with van der Waals surface area (Å²) in [5, 5.41) is 17.8. The van der Waals surface area contributed by atoms with E-state index in [-0.39, 0.29) is 17.7 Å². The highest BCUT2D eigenvalue weighted by Crippen LogP contribution is 2.45. The van der Waals surface area contributed by atoms with Crippen LogP contribution in [-0.2, 0) is 0 Å². The zero-order chi connectivity index (χ0) is 23.4. The third-order valence-electron chi connectivity index (χ3n) is 5.89. The minimum atomic E-state index is -0.361. The van der Waals surface area contributed by atoms with Crippen LogP contribution in [0.4, 0.5) is 0 Å². The first kappa shape index (κ1) is 22.5. The first-order valence-corrected chi connectivity index (χ1v) is 11.2. The van der Waals surface area contributed by atoms with Crippen LogP contribution >= 0.6 is 0 Å². The van der Waals surface area contributed by atoms with Crippen molar-refractivity contribution in [1.82, 2.24) is 15.1 Å². The van der Waals surface area contributed by atoms with E-state index in [1.807, 2.05) is 29.2 Å². The molecule has 0 saturated heterocycles. The second-order valence-electron chi connectivity index (χ2n) is 8.00. The van der Waals surface area contributed by atoms with Crippen molar-refractivity contribution in [3.63, 3.8) is 0 Å². The van der Waals surface area contributed by atoms with Gasteiger partial charge in [0, 0.05) is 17.7 Å². The van der Waals surface area contributed by atoms with Gasteiger partial charge in [-0.3, -0.25) is 9.89 Å². The number of para-hydroxylation sites is 1. The van der Waals surface area contributed by atoms with Gasteiger partial charge >= 0.3 is 0 Å². The van der Waals surface area contributed by atoms with Gasteiger partial charge in [-0.25, -0.2) is 0 Å². The number of phenolic OH excluding ortho intramolecular Hbond substituents is 1. The highest BCUT2D eigenvalue weighted by molar-refractivity contribution is 6.00. The number of carbonyl (C=O) groups is 1. The van der Waals surface area contributed by atoms with Crippen LogP contribution in [0.15, 0.2) is 55.1 Å². The van der Waals surface area contributed by atoms with E-state index in [4.69, 9.17) is 9.47 Å². The number of hydrogen-bond donors (Lipinski definition) is 2. The van der Waals surface area contributed by atoms with E-state index in [0.717, 1.165) is 30.4 Å². The monoisotopic (exact) mass is 447 g/mol. The number of nitrogens with zero attached hydrogens (tertiary/aromatic N) is 2. The van der Waals surface area contributed by atoms with Crippen molar-refractivity contribution in [1.29, 1.82) is 0 Å². The minimum absolute atomic E-state index is 0.0915. The minimum Gasteiger partial charge on any atom is -0.507 e. The van der Waals surface area contributed by atoms with Crippen molar-refractivity contribution >= 4 is 5.91 Å². The molecule has 0 saturated carbocycles. The molecule has 0 fully saturated rings. The summed E-state index contributed by atoms with van der Waals surface area (Å²) in [5.41, 5.74) is 3.27. The number of unbranched alkanes of at least 4 members (excludes halogenated alkanes) is 2. The van der Waals surface area contributed by atoms with Crippen LogP contribution in [0.25, 0.3) is 11.3 Å². The molecule has 7 heteroatoms. The third kappa shape index (κ3) is 4.18. The van der Waals surface area contributed by atoms with Crippen LogP contribution in [0.1, 0.15) is 53.8 Å². The van der Waals surface area contributed by atoms with Crippen LogP contribution < -0.4 is 9.47 Å². The Morgan fingerprint density at radius 2 is 2.03 bits per heavy atom. The number of phenols is 1. The predicted molar refractivity (Wildman–Crippen MR) is 127 cm³/mol. The summed E-state index contributed by atoms with van der Waals surface area (Å²) in [6.45, 7) is 6.81. The van der Waals surface area contributed by atoms with Gasteiger partial charge in [0.2, 0.25) is 0 Å². The molecule has 1 aliphatic heterocycles. The third-order valence-corrected chi connectivity index (χ3v) is 5.89. The fourth-order valence-electron chi connectivity index (χ4n) is 4.31. The number of amides is 1. The number of ether oxygens (including phenoxy) is 2. The van der Waals surface area contributed by atoms with Crippen LogP contribution in [0.3, 0.4) is 0 Å². The number of methoxy groups -OCH3 is 1. The van der Waals surface area contributed by atoms with Crippen LogP contribution in [0.5, 0.6) is 17.2 Å². The topological polar surface area (TPSA) is 87.7 Å². The number of fused-ring (bicyclic) bond motifs is 1. The van der Waals surface area contributed by atoms with Crippen molar-refractivity contribution in [2.75, 3.05) is 20.3 Å². The summed E-state index contributed by atoms with van der Waals surface area (Å²) < 4.78 is 11.3. The molecule has 1 unspecified atom stereocenters. The van der Waals surface area contributed by atoms with E-state index in [1.165, 1.54) is 0 Å². The number of H-pyrrole nitrogens is 1. The molecule has 1 aliphatic rings. The molecule has 0 radical (unpaired) electrons. The largest absolute Gasteiger partial charge is 0.507 e. The highest BCUT2D eigenvalue weighted by atomic mass is 16.5. The average Bonchev–Trinajstić information content (AvgIpc) is 3.37. The lowest BCUT2D eigenvalue weighted by molar-refractivity contribution is 0.0740. The molecule has 2 aromatic carbocycles. The lowest BCUT2D eigenvalue weighted by Gasteiger charge is -2.27. The summed E-state index contributed by atoms with van der Waals surface area (Å²) in [4.78, 5) is 15.3. The Morgan fingerprint density at radius 3 is 2.76 bits per heavy atom. The van der Waals surface area contributed by atoms with Gasteiger partial charge in [-0.15, -0.1) is 0 Å². The molecule has 2 N–H and O–H groups in total. The van der Waals surface area contributed by atoms with Gasteiger partial charge in [0.05, 0.1) is 13.2 Å². The summed E-state index contributed by atoms with van der Waals surface area (Å²) in [7, 11) is 1.59. The smallest absolute Gasteiger partial charge is 0.273 e. The summed E-state index contributed by atoms with van der Waals surface area (Å²) in [5.74, 6) is 1.21. The molecule has 4 rings (SSSR count). The number of aromatic amines is 1. The molecule has 0 aliphatic carbocycles. The Labute approximate surface area is 193 Å². The van der Waals surface area contributed by atoms with Gasteiger partial charge in [-0.05, 0) is 36.2 Å². The molecule has 3 aromatic rings. The van der Waals surface area contributed by atoms with E-state index in [1.54, 1.807) is 31.4 Å². The summed E-state index contributed by atoms with van der Waals surface area (Å²) >= 11 is 0. The Balaban J connectivity index is 1.82. The van der Waals surface area contributed by atoms with E-state index < -0.39 is 0 Å². The maximum Gasteiger partial charge on any atom is 0.273 e. The van der Waals surface area contributed by atoms with Crippen LogP contribution in [0.2, 0.25) is 0 Å². The van der Waals surface area contributed by atoms with Gasteiger partial charge in [-0.2, -0.15) is 5.10 Å². The van der Waals surface area contributed by atoms with Gasteiger partial charge in [-0.1, -0.05) is 50.6 Å². The van der Waals surface area contributed by atoms with Crippen molar-refractivity contribution < 1.29 is 19.4 Å². The molecule has 1 amide bonds. The summed E-state index contributed by atoms with van der Waals surface area (Å²) in [6, 6.07) is 12.4. The number of nitrogens with one attached hydrogen (secondary N) is 1. The van der Waals surface area contributed by atoms with Gasteiger partial charge in [0.1, 0.15) is 23.7 Å². The number of aromatic nitrogens is 2. The second-order valence-corrected chi connectivity index (χ2v) is 8.00. The van der Waals surface area contributed by atoms with Crippen molar-refractivity contribution in [3.05, 3.63) is 71.9 Å².